The van der Waals surface area contributed by atoms with E-state index < -0.39 is 17.8 Å². The molecule has 0 aromatic rings. The van der Waals surface area contributed by atoms with Gasteiger partial charge in [-0.1, -0.05) is 27.7 Å². The number of carbonyl (C=O) groups excluding carboxylic acids is 3. The monoisotopic (exact) mass is 227 g/mol. The van der Waals surface area contributed by atoms with Crippen molar-refractivity contribution in [3.8, 4) is 0 Å². The Morgan fingerprint density at radius 1 is 1.25 bits per heavy atom. The molecule has 2 amide bonds. The smallest absolute Gasteiger partial charge is 0.330 e. The first-order valence-electron chi connectivity index (χ1n) is 5.31. The molecule has 0 spiro atoms. The standard InChI is InChI=1S/C11H17NO4/c1-7(11(2,3)4)10(15)16-12-8(13)5-6-9(12)14/h7H,5-6H2,1-4H3. The van der Waals surface area contributed by atoms with Gasteiger partial charge in [0.2, 0.25) is 0 Å². The molecule has 0 saturated carbocycles. The molecule has 0 radical (unpaired) electrons. The zero-order valence-electron chi connectivity index (χ0n) is 10.1. The fourth-order valence-corrected chi connectivity index (χ4v) is 1.18. The summed E-state index contributed by atoms with van der Waals surface area (Å²) in [7, 11) is 0. The van der Waals surface area contributed by atoms with Crippen LogP contribution in [0.2, 0.25) is 0 Å². The highest BCUT2D eigenvalue weighted by Gasteiger charge is 2.36. The number of nitrogens with zero attached hydrogens (tertiary/aromatic N) is 1. The summed E-state index contributed by atoms with van der Waals surface area (Å²) in [5.41, 5.74) is -0.261. The van der Waals surface area contributed by atoms with E-state index in [2.05, 4.69) is 0 Å². The van der Waals surface area contributed by atoms with E-state index in [1.807, 2.05) is 20.8 Å². The Kier molecular flexibility index (Phi) is 3.35. The lowest BCUT2D eigenvalue weighted by Gasteiger charge is -2.26. The number of hydroxylamine groups is 2. The number of imide groups is 1. The minimum Gasteiger partial charge on any atom is -0.330 e. The molecule has 1 fully saturated rings. The van der Waals surface area contributed by atoms with Gasteiger partial charge in [0.1, 0.15) is 0 Å². The maximum absolute atomic E-state index is 11.7. The molecule has 1 heterocycles. The fraction of sp³-hybridized carbons (Fsp3) is 0.727. The van der Waals surface area contributed by atoms with Crippen molar-refractivity contribution >= 4 is 17.8 Å². The fourth-order valence-electron chi connectivity index (χ4n) is 1.18. The molecule has 1 aliphatic heterocycles. The Labute approximate surface area is 94.7 Å². The first-order chi connectivity index (χ1) is 7.23. The van der Waals surface area contributed by atoms with Crippen molar-refractivity contribution in [2.45, 2.75) is 40.5 Å². The zero-order chi connectivity index (χ0) is 12.5. The molecule has 0 N–H and O–H groups in total. The summed E-state index contributed by atoms with van der Waals surface area (Å²) >= 11 is 0. The summed E-state index contributed by atoms with van der Waals surface area (Å²) in [5.74, 6) is -1.82. The van der Waals surface area contributed by atoms with Gasteiger partial charge >= 0.3 is 5.97 Å². The van der Waals surface area contributed by atoms with Crippen molar-refractivity contribution in [2.75, 3.05) is 0 Å². The average Bonchev–Trinajstić information content (AvgIpc) is 2.46. The van der Waals surface area contributed by atoms with E-state index >= 15 is 0 Å². The molecule has 1 rings (SSSR count). The minimum absolute atomic E-state index is 0.121. The molecule has 90 valence electrons. The summed E-state index contributed by atoms with van der Waals surface area (Å²) in [6.07, 6.45) is 0.242. The SMILES string of the molecule is CC(C(=O)ON1C(=O)CCC1=O)C(C)(C)C. The Morgan fingerprint density at radius 3 is 2.06 bits per heavy atom. The maximum atomic E-state index is 11.7. The van der Waals surface area contributed by atoms with E-state index in [-0.39, 0.29) is 24.2 Å². The van der Waals surface area contributed by atoms with Gasteiger partial charge in [0.05, 0.1) is 5.92 Å². The van der Waals surface area contributed by atoms with Crippen LogP contribution in [-0.4, -0.2) is 22.8 Å². The summed E-state index contributed by atoms with van der Waals surface area (Å²) in [5, 5.41) is 0.588. The lowest BCUT2D eigenvalue weighted by Crippen LogP contribution is -2.37. The van der Waals surface area contributed by atoms with Crippen LogP contribution < -0.4 is 0 Å². The van der Waals surface area contributed by atoms with Crippen LogP contribution in [0.15, 0.2) is 0 Å². The van der Waals surface area contributed by atoms with Gasteiger partial charge < -0.3 is 4.84 Å². The van der Waals surface area contributed by atoms with Crippen molar-refractivity contribution in [1.29, 1.82) is 0 Å². The lowest BCUT2D eigenvalue weighted by atomic mass is 9.82. The van der Waals surface area contributed by atoms with E-state index in [1.165, 1.54) is 0 Å². The summed E-state index contributed by atoms with van der Waals surface area (Å²) in [6, 6.07) is 0. The molecule has 0 bridgehead atoms. The van der Waals surface area contributed by atoms with Gasteiger partial charge in [-0.15, -0.1) is 5.06 Å². The highest BCUT2D eigenvalue weighted by atomic mass is 16.7. The second kappa shape index (κ2) is 4.23. The van der Waals surface area contributed by atoms with Gasteiger partial charge in [-0.2, -0.15) is 0 Å². The number of hydrogen-bond donors (Lipinski definition) is 0. The number of carbonyl (C=O) groups is 3. The van der Waals surface area contributed by atoms with Crippen LogP contribution in [0.25, 0.3) is 0 Å². The third-order valence-electron chi connectivity index (χ3n) is 2.84. The van der Waals surface area contributed by atoms with E-state index in [1.54, 1.807) is 6.92 Å². The second-order valence-corrected chi connectivity index (χ2v) is 5.08. The van der Waals surface area contributed by atoms with Crippen molar-refractivity contribution in [3.63, 3.8) is 0 Å². The van der Waals surface area contributed by atoms with Crippen LogP contribution in [0.3, 0.4) is 0 Å². The lowest BCUT2D eigenvalue weighted by molar-refractivity contribution is -0.202. The largest absolute Gasteiger partial charge is 0.336 e. The second-order valence-electron chi connectivity index (χ2n) is 5.08. The van der Waals surface area contributed by atoms with Crippen LogP contribution in [-0.2, 0) is 19.2 Å². The Morgan fingerprint density at radius 2 is 1.69 bits per heavy atom. The van der Waals surface area contributed by atoms with Crippen molar-refractivity contribution in [2.24, 2.45) is 11.3 Å². The molecule has 5 heteroatoms. The third-order valence-corrected chi connectivity index (χ3v) is 2.84. The maximum Gasteiger partial charge on any atom is 0.336 e. The van der Waals surface area contributed by atoms with Gasteiger partial charge in [-0.05, 0) is 5.41 Å². The van der Waals surface area contributed by atoms with Crippen molar-refractivity contribution < 1.29 is 19.2 Å². The van der Waals surface area contributed by atoms with Crippen LogP contribution >= 0.6 is 0 Å². The highest BCUT2D eigenvalue weighted by Crippen LogP contribution is 2.27. The first kappa shape index (κ1) is 12.7. The van der Waals surface area contributed by atoms with Gasteiger partial charge in [-0.25, -0.2) is 4.79 Å². The van der Waals surface area contributed by atoms with Crippen molar-refractivity contribution in [1.82, 2.24) is 5.06 Å². The normalized spacial score (nSPS) is 18.9. The van der Waals surface area contributed by atoms with Gasteiger partial charge in [0, 0.05) is 12.8 Å². The summed E-state index contributed by atoms with van der Waals surface area (Å²) < 4.78 is 0. The zero-order valence-corrected chi connectivity index (χ0v) is 10.1. The quantitative estimate of drug-likeness (QED) is 0.666. The van der Waals surface area contributed by atoms with Crippen LogP contribution in [0.4, 0.5) is 0 Å². The average molecular weight is 227 g/mol. The third kappa shape index (κ3) is 2.59. The number of hydrogen-bond acceptors (Lipinski definition) is 4. The summed E-state index contributed by atoms with van der Waals surface area (Å²) in [6.45, 7) is 7.40. The van der Waals surface area contributed by atoms with Crippen LogP contribution in [0, 0.1) is 11.3 Å². The molecule has 16 heavy (non-hydrogen) atoms. The molecule has 1 unspecified atom stereocenters. The van der Waals surface area contributed by atoms with Crippen LogP contribution in [0.5, 0.6) is 0 Å². The predicted molar refractivity (Wildman–Crippen MR) is 55.8 cm³/mol. The van der Waals surface area contributed by atoms with Crippen molar-refractivity contribution in [3.05, 3.63) is 0 Å². The number of rotatable bonds is 2. The topological polar surface area (TPSA) is 63.7 Å². The van der Waals surface area contributed by atoms with Crippen LogP contribution in [0.1, 0.15) is 40.5 Å². The molecule has 1 atom stereocenters. The molecule has 0 aliphatic carbocycles. The van der Waals surface area contributed by atoms with Gasteiger partial charge in [0.25, 0.3) is 11.8 Å². The minimum atomic E-state index is -0.545. The van der Waals surface area contributed by atoms with E-state index in [0.29, 0.717) is 5.06 Å². The Bertz CT molecular complexity index is 313. The molecule has 1 aliphatic rings. The molecule has 0 aromatic heterocycles. The number of amides is 2. The molecular weight excluding hydrogens is 210 g/mol. The first-order valence-corrected chi connectivity index (χ1v) is 5.31. The Hall–Kier alpha value is -1.39. The van der Waals surface area contributed by atoms with Gasteiger partial charge in [-0.3, -0.25) is 9.59 Å². The van der Waals surface area contributed by atoms with E-state index in [0.717, 1.165) is 0 Å². The predicted octanol–water partition coefficient (Wildman–Crippen LogP) is 1.28. The highest BCUT2D eigenvalue weighted by molar-refractivity contribution is 6.01. The van der Waals surface area contributed by atoms with E-state index in [9.17, 15) is 14.4 Å². The molecule has 1 saturated heterocycles. The Balaban J connectivity index is 2.64. The molecule has 5 nitrogen and oxygen atoms in total. The van der Waals surface area contributed by atoms with Gasteiger partial charge in [0.15, 0.2) is 0 Å². The molecular formula is C11H17NO4. The summed E-state index contributed by atoms with van der Waals surface area (Å²) in [4.78, 5) is 38.9. The van der Waals surface area contributed by atoms with E-state index in [4.69, 9.17) is 4.84 Å². The molecule has 0 aromatic carbocycles.